The van der Waals surface area contributed by atoms with Gasteiger partial charge in [-0.15, -0.1) is 5.10 Å². The first-order valence-corrected chi connectivity index (χ1v) is 11.9. The van der Waals surface area contributed by atoms with Gasteiger partial charge in [0.15, 0.2) is 11.5 Å². The van der Waals surface area contributed by atoms with Crippen molar-refractivity contribution in [3.8, 4) is 0 Å². The molecule has 5 aromatic rings. The van der Waals surface area contributed by atoms with Crippen molar-refractivity contribution in [1.82, 2.24) is 39.1 Å². The number of imidazole rings is 2. The SMILES string of the molecule is CC(F)c1cc(C2CC2)cn2cc(Cn3cc(C(=O)NCc4ncn5ccc(Cl)c(F)c45)nn3)nc12. The average Bonchev–Trinajstić information content (AvgIpc) is 3.26. The Labute approximate surface area is 208 Å². The van der Waals surface area contributed by atoms with Crippen molar-refractivity contribution in [3.63, 3.8) is 0 Å². The molecule has 12 heteroatoms. The number of aromatic nitrogens is 7. The van der Waals surface area contributed by atoms with Crippen LogP contribution in [0.5, 0.6) is 0 Å². The second-order valence-corrected chi connectivity index (χ2v) is 9.40. The van der Waals surface area contributed by atoms with Crippen LogP contribution in [0.25, 0.3) is 11.2 Å². The number of rotatable bonds is 7. The van der Waals surface area contributed by atoms with Crippen LogP contribution in [0.15, 0.2) is 43.2 Å². The van der Waals surface area contributed by atoms with Crippen LogP contribution < -0.4 is 5.32 Å². The zero-order valence-electron chi connectivity index (χ0n) is 19.2. The molecule has 0 radical (unpaired) electrons. The van der Waals surface area contributed by atoms with Crippen molar-refractivity contribution < 1.29 is 13.6 Å². The summed E-state index contributed by atoms with van der Waals surface area (Å²) in [6, 6.07) is 3.34. The summed E-state index contributed by atoms with van der Waals surface area (Å²) in [5.74, 6) is -0.598. The summed E-state index contributed by atoms with van der Waals surface area (Å²) in [5, 5.41) is 10.6. The zero-order valence-corrected chi connectivity index (χ0v) is 20.0. The van der Waals surface area contributed by atoms with Crippen molar-refractivity contribution in [2.75, 3.05) is 0 Å². The third kappa shape index (κ3) is 4.09. The smallest absolute Gasteiger partial charge is 0.273 e. The molecular weight excluding hydrogens is 490 g/mol. The Balaban J connectivity index is 1.17. The summed E-state index contributed by atoms with van der Waals surface area (Å²) in [4.78, 5) is 21.4. The predicted octanol–water partition coefficient (Wildman–Crippen LogP) is 4.25. The summed E-state index contributed by atoms with van der Waals surface area (Å²) >= 11 is 5.87. The van der Waals surface area contributed by atoms with Crippen LogP contribution in [0.4, 0.5) is 8.78 Å². The van der Waals surface area contributed by atoms with E-state index in [1.54, 1.807) is 6.20 Å². The highest BCUT2D eigenvalue weighted by molar-refractivity contribution is 6.31. The van der Waals surface area contributed by atoms with Gasteiger partial charge in [0.25, 0.3) is 5.91 Å². The first-order valence-electron chi connectivity index (χ1n) is 11.5. The fourth-order valence-corrected chi connectivity index (χ4v) is 4.47. The lowest BCUT2D eigenvalue weighted by molar-refractivity contribution is 0.0945. The molecular formula is C24H21ClF2N8O. The van der Waals surface area contributed by atoms with Gasteiger partial charge in [-0.05, 0) is 43.4 Å². The molecule has 0 aliphatic heterocycles. The summed E-state index contributed by atoms with van der Waals surface area (Å²) < 4.78 is 33.5. The van der Waals surface area contributed by atoms with Gasteiger partial charge in [-0.25, -0.2) is 23.4 Å². The minimum atomic E-state index is -1.14. The maximum Gasteiger partial charge on any atom is 0.273 e. The lowest BCUT2D eigenvalue weighted by atomic mass is 10.1. The van der Waals surface area contributed by atoms with Crippen molar-refractivity contribution >= 4 is 28.7 Å². The Morgan fingerprint density at radius 2 is 2.11 bits per heavy atom. The standard InChI is InChI=1S/C24H21ClF2N8O/c1-13(26)17-6-15(14-2-3-14)8-34-9-16(30-23(17)34)10-35-11-20(31-32-35)24(36)28-7-19-22-21(27)18(25)4-5-33(22)12-29-19/h4-6,8-9,11-14H,2-3,7,10H2,1H3,(H,28,36). The molecule has 184 valence electrons. The molecule has 0 bridgehead atoms. The van der Waals surface area contributed by atoms with Crippen LogP contribution in [0, 0.1) is 5.82 Å². The molecule has 1 amide bonds. The lowest BCUT2D eigenvalue weighted by Crippen LogP contribution is -2.23. The van der Waals surface area contributed by atoms with Gasteiger partial charge in [0, 0.05) is 24.2 Å². The van der Waals surface area contributed by atoms with Gasteiger partial charge in [0.2, 0.25) is 0 Å². The van der Waals surface area contributed by atoms with Gasteiger partial charge in [-0.2, -0.15) is 0 Å². The van der Waals surface area contributed by atoms with E-state index in [0.29, 0.717) is 28.5 Å². The van der Waals surface area contributed by atoms with E-state index in [-0.39, 0.29) is 29.3 Å². The highest BCUT2D eigenvalue weighted by atomic mass is 35.5. The van der Waals surface area contributed by atoms with E-state index in [2.05, 4.69) is 25.6 Å². The lowest BCUT2D eigenvalue weighted by Gasteiger charge is -2.08. The van der Waals surface area contributed by atoms with Crippen LogP contribution >= 0.6 is 11.6 Å². The summed E-state index contributed by atoms with van der Waals surface area (Å²) in [6.07, 6.45) is 9.49. The predicted molar refractivity (Wildman–Crippen MR) is 127 cm³/mol. The normalized spacial score (nSPS) is 14.6. The van der Waals surface area contributed by atoms with E-state index in [1.807, 2.05) is 22.9 Å². The minimum absolute atomic E-state index is 0.0145. The van der Waals surface area contributed by atoms with E-state index in [1.165, 1.54) is 34.6 Å². The van der Waals surface area contributed by atoms with E-state index in [9.17, 15) is 13.6 Å². The van der Waals surface area contributed by atoms with Crippen molar-refractivity contribution in [1.29, 1.82) is 0 Å². The molecule has 0 spiro atoms. The van der Waals surface area contributed by atoms with Crippen LogP contribution in [0.1, 0.15) is 64.9 Å². The first kappa shape index (κ1) is 22.6. The van der Waals surface area contributed by atoms with Gasteiger partial charge < -0.3 is 14.1 Å². The quantitative estimate of drug-likeness (QED) is 0.353. The molecule has 5 aromatic heterocycles. The Bertz CT molecular complexity index is 1620. The molecule has 1 aliphatic rings. The highest BCUT2D eigenvalue weighted by Crippen LogP contribution is 2.41. The Morgan fingerprint density at radius 3 is 2.89 bits per heavy atom. The van der Waals surface area contributed by atoms with E-state index >= 15 is 0 Å². The molecule has 5 heterocycles. The van der Waals surface area contributed by atoms with Gasteiger partial charge in [0.1, 0.15) is 17.3 Å². The third-order valence-electron chi connectivity index (χ3n) is 6.31. The van der Waals surface area contributed by atoms with E-state index in [0.717, 1.165) is 18.4 Å². The third-order valence-corrected chi connectivity index (χ3v) is 6.60. The molecule has 1 saturated carbocycles. The number of nitrogens with zero attached hydrogens (tertiary/aromatic N) is 7. The van der Waals surface area contributed by atoms with Gasteiger partial charge in [-0.3, -0.25) is 4.79 Å². The van der Waals surface area contributed by atoms with Crippen LogP contribution in [-0.4, -0.2) is 39.7 Å². The van der Waals surface area contributed by atoms with Crippen molar-refractivity contribution in [3.05, 3.63) is 82.3 Å². The Hall–Kier alpha value is -3.86. The number of pyridine rings is 2. The summed E-state index contributed by atoms with van der Waals surface area (Å²) in [5.41, 5.74) is 3.55. The Morgan fingerprint density at radius 1 is 1.28 bits per heavy atom. The molecule has 9 nitrogen and oxygen atoms in total. The maximum atomic E-state index is 14.4. The number of fused-ring (bicyclic) bond motifs is 2. The number of carbonyl (C=O) groups excluding carboxylic acids is 1. The molecule has 1 unspecified atom stereocenters. The highest BCUT2D eigenvalue weighted by Gasteiger charge is 2.26. The minimum Gasteiger partial charge on any atom is -0.345 e. The molecule has 0 saturated heterocycles. The summed E-state index contributed by atoms with van der Waals surface area (Å²) in [7, 11) is 0. The second-order valence-electron chi connectivity index (χ2n) is 8.99. The maximum absolute atomic E-state index is 14.4. The summed E-state index contributed by atoms with van der Waals surface area (Å²) in [6.45, 7) is 1.76. The largest absolute Gasteiger partial charge is 0.345 e. The van der Waals surface area contributed by atoms with Gasteiger partial charge in [-0.1, -0.05) is 16.8 Å². The van der Waals surface area contributed by atoms with Gasteiger partial charge >= 0.3 is 0 Å². The number of carbonyl (C=O) groups is 1. The van der Waals surface area contributed by atoms with E-state index < -0.39 is 17.9 Å². The molecule has 36 heavy (non-hydrogen) atoms. The monoisotopic (exact) mass is 510 g/mol. The molecule has 6 rings (SSSR count). The van der Waals surface area contributed by atoms with Crippen molar-refractivity contribution in [2.45, 2.75) is 44.9 Å². The van der Waals surface area contributed by atoms with E-state index in [4.69, 9.17) is 11.6 Å². The average molecular weight is 511 g/mol. The fourth-order valence-electron chi connectivity index (χ4n) is 4.32. The number of hydrogen-bond donors (Lipinski definition) is 1. The van der Waals surface area contributed by atoms with Gasteiger partial charge in [0.05, 0.1) is 42.0 Å². The topological polar surface area (TPSA) is 94.4 Å². The second kappa shape index (κ2) is 8.66. The molecule has 1 N–H and O–H groups in total. The van der Waals surface area contributed by atoms with Crippen LogP contribution in [0.2, 0.25) is 5.02 Å². The molecule has 1 aliphatic carbocycles. The Kier molecular flexibility index (Phi) is 5.44. The molecule has 1 fully saturated rings. The van der Waals surface area contributed by atoms with Crippen LogP contribution in [0.3, 0.4) is 0 Å². The number of hydrogen-bond acceptors (Lipinski definition) is 5. The van der Waals surface area contributed by atoms with Crippen LogP contribution in [-0.2, 0) is 13.1 Å². The van der Waals surface area contributed by atoms with Crippen molar-refractivity contribution in [2.24, 2.45) is 0 Å². The fraction of sp³-hybridized carbons (Fsp3) is 0.292. The first-order chi connectivity index (χ1) is 17.4. The number of nitrogens with one attached hydrogen (secondary N) is 1. The number of alkyl halides is 1. The molecule has 0 aromatic carbocycles. The number of halogens is 3. The number of amides is 1. The zero-order chi connectivity index (χ0) is 25.0. The molecule has 1 atom stereocenters.